The van der Waals surface area contributed by atoms with Gasteiger partial charge in [-0.25, -0.2) is 0 Å². The number of para-hydroxylation sites is 1. The molecule has 2 heterocycles. The highest BCUT2D eigenvalue weighted by molar-refractivity contribution is 6.46. The van der Waals surface area contributed by atoms with Crippen LogP contribution in [0.2, 0.25) is 10.0 Å². The normalized spacial score (nSPS) is 11.3. The Hall–Kier alpha value is -1.39. The third-order valence-corrected chi connectivity index (χ3v) is 3.07. The second-order valence-electron chi connectivity index (χ2n) is 3.06. The average molecular weight is 239 g/mol. The third kappa shape index (κ3) is 1.12. The van der Waals surface area contributed by atoms with Gasteiger partial charge in [0.1, 0.15) is 5.02 Å². The van der Waals surface area contributed by atoms with Crippen molar-refractivity contribution in [3.05, 3.63) is 34.3 Å². The van der Waals surface area contributed by atoms with Crippen molar-refractivity contribution in [2.75, 3.05) is 0 Å². The Balaban J connectivity index is 2.70. The van der Waals surface area contributed by atoms with E-state index < -0.39 is 0 Å². The summed E-state index contributed by atoms with van der Waals surface area (Å²) in [5.41, 5.74) is 1.31. The standard InChI is InChI=1S/C9H4Cl2N4/c10-7-5-3-1-2-4-6(5)15-9(8(7)11)12-13-14-15/h1-4H. The van der Waals surface area contributed by atoms with Crippen molar-refractivity contribution in [1.82, 2.24) is 20.0 Å². The first kappa shape index (κ1) is 8.88. The van der Waals surface area contributed by atoms with Crippen LogP contribution in [-0.2, 0) is 0 Å². The van der Waals surface area contributed by atoms with Gasteiger partial charge in [-0.3, -0.25) is 0 Å². The molecule has 0 N–H and O–H groups in total. The summed E-state index contributed by atoms with van der Waals surface area (Å²) in [5, 5.41) is 12.9. The van der Waals surface area contributed by atoms with Crippen LogP contribution in [0.25, 0.3) is 16.6 Å². The number of aromatic nitrogens is 4. The van der Waals surface area contributed by atoms with Crippen LogP contribution in [-0.4, -0.2) is 20.0 Å². The Kier molecular flexibility index (Phi) is 1.81. The maximum atomic E-state index is 6.12. The Morgan fingerprint density at radius 2 is 1.87 bits per heavy atom. The molecular weight excluding hydrogens is 235 g/mol. The van der Waals surface area contributed by atoms with E-state index in [1.807, 2.05) is 24.3 Å². The molecule has 0 radical (unpaired) electrons. The molecule has 15 heavy (non-hydrogen) atoms. The monoisotopic (exact) mass is 238 g/mol. The Morgan fingerprint density at radius 3 is 2.73 bits per heavy atom. The van der Waals surface area contributed by atoms with E-state index in [1.165, 1.54) is 0 Å². The topological polar surface area (TPSA) is 43.1 Å². The van der Waals surface area contributed by atoms with Crippen molar-refractivity contribution in [2.45, 2.75) is 0 Å². The SMILES string of the molecule is Clc1c(Cl)c2nnnn2c2ccccc12. The lowest BCUT2D eigenvalue weighted by Gasteiger charge is -2.03. The van der Waals surface area contributed by atoms with Gasteiger partial charge >= 0.3 is 0 Å². The fourth-order valence-corrected chi connectivity index (χ4v) is 2.01. The number of hydrogen-bond donors (Lipinski definition) is 0. The predicted octanol–water partition coefficient (Wildman–Crippen LogP) is 2.58. The van der Waals surface area contributed by atoms with Crippen molar-refractivity contribution in [1.29, 1.82) is 0 Å². The van der Waals surface area contributed by atoms with E-state index in [0.29, 0.717) is 15.7 Å². The van der Waals surface area contributed by atoms with E-state index in [-0.39, 0.29) is 0 Å². The first-order valence-corrected chi connectivity index (χ1v) is 4.98. The molecular formula is C9H4Cl2N4. The van der Waals surface area contributed by atoms with Crippen LogP contribution in [0.15, 0.2) is 24.3 Å². The average Bonchev–Trinajstić information content (AvgIpc) is 2.75. The number of rotatable bonds is 0. The molecule has 3 rings (SSSR count). The largest absolute Gasteiger partial charge is 0.200 e. The molecule has 0 spiro atoms. The molecule has 6 heteroatoms. The zero-order valence-electron chi connectivity index (χ0n) is 7.35. The highest BCUT2D eigenvalue weighted by Gasteiger charge is 2.13. The Morgan fingerprint density at radius 1 is 1.07 bits per heavy atom. The van der Waals surface area contributed by atoms with Gasteiger partial charge in [-0.15, -0.1) is 5.10 Å². The molecule has 0 aliphatic rings. The molecule has 1 aromatic carbocycles. The summed E-state index contributed by atoms with van der Waals surface area (Å²) in [6, 6.07) is 7.56. The molecule has 0 unspecified atom stereocenters. The van der Waals surface area contributed by atoms with Crippen molar-refractivity contribution >= 4 is 39.8 Å². The van der Waals surface area contributed by atoms with Gasteiger partial charge in [0.25, 0.3) is 0 Å². The number of benzene rings is 1. The molecule has 4 nitrogen and oxygen atoms in total. The van der Waals surface area contributed by atoms with Crippen LogP contribution >= 0.6 is 23.2 Å². The molecule has 0 fully saturated rings. The van der Waals surface area contributed by atoms with Crippen molar-refractivity contribution in [3.8, 4) is 0 Å². The summed E-state index contributed by atoms with van der Waals surface area (Å²) in [6.07, 6.45) is 0. The highest BCUT2D eigenvalue weighted by atomic mass is 35.5. The van der Waals surface area contributed by atoms with E-state index >= 15 is 0 Å². The zero-order chi connectivity index (χ0) is 10.4. The summed E-state index contributed by atoms with van der Waals surface area (Å²) < 4.78 is 1.57. The van der Waals surface area contributed by atoms with Crippen LogP contribution in [0, 0.1) is 0 Å². The smallest absolute Gasteiger partial charge is 0.191 e. The summed E-state index contributed by atoms with van der Waals surface area (Å²) in [6.45, 7) is 0. The summed E-state index contributed by atoms with van der Waals surface area (Å²) >= 11 is 12.2. The third-order valence-electron chi connectivity index (χ3n) is 2.23. The number of halogens is 2. The van der Waals surface area contributed by atoms with Gasteiger partial charge in [0.2, 0.25) is 0 Å². The van der Waals surface area contributed by atoms with Crippen molar-refractivity contribution in [2.24, 2.45) is 0 Å². The first-order chi connectivity index (χ1) is 7.29. The summed E-state index contributed by atoms with van der Waals surface area (Å²) in [5.74, 6) is 0. The molecule has 74 valence electrons. The van der Waals surface area contributed by atoms with Gasteiger partial charge in [0.05, 0.1) is 10.5 Å². The molecule has 0 saturated heterocycles. The quantitative estimate of drug-likeness (QED) is 0.605. The van der Waals surface area contributed by atoms with Crippen molar-refractivity contribution < 1.29 is 0 Å². The van der Waals surface area contributed by atoms with E-state index in [0.717, 1.165) is 10.9 Å². The number of tetrazole rings is 1. The predicted molar refractivity (Wildman–Crippen MR) is 58.3 cm³/mol. The second-order valence-corrected chi connectivity index (χ2v) is 3.82. The minimum atomic E-state index is 0.375. The minimum Gasteiger partial charge on any atom is -0.191 e. The van der Waals surface area contributed by atoms with Gasteiger partial charge in [-0.05, 0) is 16.5 Å². The molecule has 0 bridgehead atoms. The first-order valence-electron chi connectivity index (χ1n) is 4.23. The fraction of sp³-hybridized carbons (Fsp3) is 0. The number of fused-ring (bicyclic) bond motifs is 3. The van der Waals surface area contributed by atoms with Gasteiger partial charge in [-0.2, -0.15) is 4.52 Å². The zero-order valence-corrected chi connectivity index (χ0v) is 8.87. The van der Waals surface area contributed by atoms with E-state index in [9.17, 15) is 0 Å². The minimum absolute atomic E-state index is 0.375. The van der Waals surface area contributed by atoms with Crippen LogP contribution in [0.4, 0.5) is 0 Å². The van der Waals surface area contributed by atoms with E-state index in [1.54, 1.807) is 4.52 Å². The summed E-state index contributed by atoms with van der Waals surface area (Å²) in [7, 11) is 0. The summed E-state index contributed by atoms with van der Waals surface area (Å²) in [4.78, 5) is 0. The Labute approximate surface area is 94.4 Å². The lowest BCUT2D eigenvalue weighted by molar-refractivity contribution is 0.842. The van der Waals surface area contributed by atoms with E-state index in [4.69, 9.17) is 23.2 Å². The van der Waals surface area contributed by atoms with Crippen LogP contribution in [0.5, 0.6) is 0 Å². The molecule has 3 aromatic rings. The molecule has 0 amide bonds. The lowest BCUT2D eigenvalue weighted by atomic mass is 10.2. The molecule has 0 aliphatic heterocycles. The van der Waals surface area contributed by atoms with Gasteiger partial charge in [-0.1, -0.05) is 41.4 Å². The van der Waals surface area contributed by atoms with Crippen molar-refractivity contribution in [3.63, 3.8) is 0 Å². The molecule has 0 saturated carbocycles. The number of nitrogens with zero attached hydrogens (tertiary/aromatic N) is 4. The maximum absolute atomic E-state index is 6.12. The second kappa shape index (κ2) is 3.05. The van der Waals surface area contributed by atoms with E-state index in [2.05, 4.69) is 15.5 Å². The molecule has 0 aliphatic carbocycles. The maximum Gasteiger partial charge on any atom is 0.200 e. The number of hydrogen-bond acceptors (Lipinski definition) is 3. The fourth-order valence-electron chi connectivity index (χ4n) is 1.55. The van der Waals surface area contributed by atoms with Gasteiger partial charge in [0, 0.05) is 5.39 Å². The highest BCUT2D eigenvalue weighted by Crippen LogP contribution is 2.32. The van der Waals surface area contributed by atoms with Crippen LogP contribution < -0.4 is 0 Å². The number of pyridine rings is 1. The molecule has 2 aromatic heterocycles. The molecule has 0 atom stereocenters. The van der Waals surface area contributed by atoms with Gasteiger partial charge in [0.15, 0.2) is 5.65 Å². The van der Waals surface area contributed by atoms with Crippen LogP contribution in [0.1, 0.15) is 0 Å². The lowest BCUT2D eigenvalue weighted by Crippen LogP contribution is -1.92. The Bertz CT molecular complexity index is 662. The van der Waals surface area contributed by atoms with Gasteiger partial charge < -0.3 is 0 Å². The van der Waals surface area contributed by atoms with Crippen LogP contribution in [0.3, 0.4) is 0 Å².